The molecule has 0 aliphatic rings. The second-order valence-electron chi connectivity index (χ2n) is 4.37. The van der Waals surface area contributed by atoms with Gasteiger partial charge in [0.2, 0.25) is 0 Å². The number of hydrogen-bond acceptors (Lipinski definition) is 4. The van der Waals surface area contributed by atoms with Gasteiger partial charge in [0.15, 0.2) is 0 Å². The Morgan fingerprint density at radius 2 is 2.00 bits per heavy atom. The van der Waals surface area contributed by atoms with Gasteiger partial charge in [-0.2, -0.15) is 13.2 Å². The fourth-order valence-electron chi connectivity index (χ4n) is 1.69. The Hall–Kier alpha value is -1.54. The van der Waals surface area contributed by atoms with Crippen molar-refractivity contribution < 1.29 is 17.6 Å². The van der Waals surface area contributed by atoms with E-state index in [2.05, 4.69) is 15.5 Å². The summed E-state index contributed by atoms with van der Waals surface area (Å²) in [5, 5.41) is 11.9. The summed E-state index contributed by atoms with van der Waals surface area (Å²) in [6.45, 7) is 3.36. The highest BCUT2D eigenvalue weighted by molar-refractivity contribution is 7.14. The van der Waals surface area contributed by atoms with E-state index in [1.807, 2.05) is 6.92 Å². The Labute approximate surface area is 123 Å². The van der Waals surface area contributed by atoms with Crippen LogP contribution in [0.15, 0.2) is 18.2 Å². The topological polar surface area (TPSA) is 37.8 Å². The molecule has 1 aromatic heterocycles. The van der Waals surface area contributed by atoms with Crippen molar-refractivity contribution in [1.29, 1.82) is 0 Å². The minimum absolute atomic E-state index is 0.211. The minimum Gasteiger partial charge on any atom is -0.310 e. The molecule has 0 aliphatic heterocycles. The maximum Gasteiger partial charge on any atom is 0.419 e. The average Bonchev–Trinajstić information content (AvgIpc) is 2.87. The number of alkyl halides is 3. The molecule has 0 saturated carbocycles. The van der Waals surface area contributed by atoms with Crippen molar-refractivity contribution in [2.75, 3.05) is 6.54 Å². The maximum absolute atomic E-state index is 13.2. The van der Waals surface area contributed by atoms with Crippen molar-refractivity contribution in [3.05, 3.63) is 34.6 Å². The molecule has 8 heteroatoms. The molecule has 114 valence electrons. The van der Waals surface area contributed by atoms with E-state index in [1.54, 1.807) is 0 Å². The van der Waals surface area contributed by atoms with Gasteiger partial charge in [-0.3, -0.25) is 0 Å². The van der Waals surface area contributed by atoms with Crippen molar-refractivity contribution in [3.63, 3.8) is 0 Å². The molecule has 0 radical (unpaired) electrons. The Bertz CT molecular complexity index is 610. The molecule has 0 amide bonds. The van der Waals surface area contributed by atoms with Crippen molar-refractivity contribution in [3.8, 4) is 10.6 Å². The maximum atomic E-state index is 13.2. The first kappa shape index (κ1) is 15.8. The summed E-state index contributed by atoms with van der Waals surface area (Å²) in [5.74, 6) is -1.29. The van der Waals surface area contributed by atoms with E-state index in [4.69, 9.17) is 0 Å². The summed E-state index contributed by atoms with van der Waals surface area (Å²) in [6, 6.07) is 2.84. The highest BCUT2D eigenvalue weighted by Gasteiger charge is 2.34. The predicted molar refractivity (Wildman–Crippen MR) is 72.3 cm³/mol. The first-order valence-corrected chi connectivity index (χ1v) is 7.13. The second kappa shape index (κ2) is 6.48. The summed E-state index contributed by atoms with van der Waals surface area (Å²) in [6.07, 6.45) is -3.76. The highest BCUT2D eigenvalue weighted by atomic mass is 32.1. The lowest BCUT2D eigenvalue weighted by Gasteiger charge is -2.08. The number of aromatic nitrogens is 2. The Morgan fingerprint density at radius 1 is 1.24 bits per heavy atom. The minimum atomic E-state index is -4.73. The van der Waals surface area contributed by atoms with Crippen LogP contribution in [0, 0.1) is 5.82 Å². The molecule has 21 heavy (non-hydrogen) atoms. The zero-order valence-electron chi connectivity index (χ0n) is 11.2. The molecule has 0 aliphatic carbocycles. The summed E-state index contributed by atoms with van der Waals surface area (Å²) in [7, 11) is 0. The van der Waals surface area contributed by atoms with Crippen LogP contribution in [0.1, 0.15) is 23.9 Å². The second-order valence-corrected chi connectivity index (χ2v) is 5.43. The number of halogens is 4. The van der Waals surface area contributed by atoms with Gasteiger partial charge in [-0.15, -0.1) is 10.2 Å². The Balaban J connectivity index is 2.22. The molecule has 0 spiro atoms. The Kier molecular flexibility index (Phi) is 4.89. The van der Waals surface area contributed by atoms with Gasteiger partial charge in [0, 0.05) is 12.1 Å². The Morgan fingerprint density at radius 3 is 2.67 bits per heavy atom. The van der Waals surface area contributed by atoms with Crippen LogP contribution in [0.4, 0.5) is 17.6 Å². The van der Waals surface area contributed by atoms with Gasteiger partial charge in [-0.1, -0.05) is 18.3 Å². The van der Waals surface area contributed by atoms with Crippen molar-refractivity contribution in [2.45, 2.75) is 26.1 Å². The quantitative estimate of drug-likeness (QED) is 0.672. The third-order valence-corrected chi connectivity index (χ3v) is 3.66. The van der Waals surface area contributed by atoms with E-state index in [1.165, 1.54) is 17.4 Å². The van der Waals surface area contributed by atoms with E-state index in [0.29, 0.717) is 16.6 Å². The number of nitrogens with one attached hydrogen (secondary N) is 1. The van der Waals surface area contributed by atoms with Crippen molar-refractivity contribution in [1.82, 2.24) is 15.5 Å². The molecule has 3 nitrogen and oxygen atoms in total. The average molecular weight is 319 g/mol. The number of nitrogens with zero attached hydrogens (tertiary/aromatic N) is 2. The number of rotatable bonds is 5. The molecule has 0 unspecified atom stereocenters. The van der Waals surface area contributed by atoms with Crippen LogP contribution in [-0.4, -0.2) is 16.7 Å². The molecule has 0 atom stereocenters. The fourth-order valence-corrected chi connectivity index (χ4v) is 2.49. The normalized spacial score (nSPS) is 11.9. The SMILES string of the molecule is CCCNCc1nnc(-c2ccc(F)c(C(F)(F)F)c2)s1. The summed E-state index contributed by atoms with van der Waals surface area (Å²) >= 11 is 1.19. The molecule has 0 saturated heterocycles. The van der Waals surface area contributed by atoms with Gasteiger partial charge >= 0.3 is 6.18 Å². The third-order valence-electron chi connectivity index (χ3n) is 2.69. The first-order valence-electron chi connectivity index (χ1n) is 6.32. The van der Waals surface area contributed by atoms with Crippen molar-refractivity contribution in [2.24, 2.45) is 0 Å². The fraction of sp³-hybridized carbons (Fsp3) is 0.385. The standard InChI is InChI=1S/C13H13F4N3S/c1-2-5-18-7-11-19-20-12(21-11)8-3-4-10(14)9(6-8)13(15,16)17/h3-4,6,18H,2,5,7H2,1H3. The van der Waals surface area contributed by atoms with E-state index in [0.717, 1.165) is 25.1 Å². The summed E-state index contributed by atoms with van der Waals surface area (Å²) < 4.78 is 51.2. The molecule has 1 heterocycles. The zero-order valence-corrected chi connectivity index (χ0v) is 12.0. The summed E-state index contributed by atoms with van der Waals surface area (Å²) in [4.78, 5) is 0. The van der Waals surface area contributed by atoms with Gasteiger partial charge in [0.25, 0.3) is 0 Å². The lowest BCUT2D eigenvalue weighted by Crippen LogP contribution is -2.13. The van der Waals surface area contributed by atoms with E-state index < -0.39 is 17.6 Å². The van der Waals surface area contributed by atoms with Crippen LogP contribution in [-0.2, 0) is 12.7 Å². The van der Waals surface area contributed by atoms with Crippen LogP contribution < -0.4 is 5.32 Å². The smallest absolute Gasteiger partial charge is 0.310 e. The molecule has 1 N–H and O–H groups in total. The van der Waals surface area contributed by atoms with Crippen molar-refractivity contribution >= 4 is 11.3 Å². The third kappa shape index (κ3) is 3.98. The largest absolute Gasteiger partial charge is 0.419 e. The molecule has 2 rings (SSSR count). The molecule has 1 aromatic carbocycles. The highest BCUT2D eigenvalue weighted by Crippen LogP contribution is 2.34. The predicted octanol–water partition coefficient (Wildman–Crippen LogP) is 3.86. The molecular formula is C13H13F4N3S. The monoisotopic (exact) mass is 319 g/mol. The zero-order chi connectivity index (χ0) is 15.5. The van der Waals surface area contributed by atoms with Crippen LogP contribution in [0.25, 0.3) is 10.6 Å². The molecule has 0 fully saturated rings. The summed E-state index contributed by atoms with van der Waals surface area (Å²) in [5.41, 5.74) is -1.08. The lowest BCUT2D eigenvalue weighted by atomic mass is 10.1. The number of benzene rings is 1. The number of hydrogen-bond donors (Lipinski definition) is 1. The molecule has 2 aromatic rings. The van der Waals surface area contributed by atoms with Crippen LogP contribution in [0.5, 0.6) is 0 Å². The van der Waals surface area contributed by atoms with Gasteiger partial charge in [-0.25, -0.2) is 4.39 Å². The first-order chi connectivity index (χ1) is 9.91. The lowest BCUT2D eigenvalue weighted by molar-refractivity contribution is -0.139. The van der Waals surface area contributed by atoms with E-state index in [-0.39, 0.29) is 5.56 Å². The van der Waals surface area contributed by atoms with Gasteiger partial charge in [-0.05, 0) is 31.2 Å². The van der Waals surface area contributed by atoms with E-state index in [9.17, 15) is 17.6 Å². The van der Waals surface area contributed by atoms with Gasteiger partial charge in [0.05, 0.1) is 5.56 Å². The van der Waals surface area contributed by atoms with Crippen LogP contribution in [0.3, 0.4) is 0 Å². The van der Waals surface area contributed by atoms with Crippen LogP contribution in [0.2, 0.25) is 0 Å². The van der Waals surface area contributed by atoms with Gasteiger partial charge in [0.1, 0.15) is 15.8 Å². The van der Waals surface area contributed by atoms with Gasteiger partial charge < -0.3 is 5.32 Å². The molecular weight excluding hydrogens is 306 g/mol. The van der Waals surface area contributed by atoms with Crippen LogP contribution >= 0.6 is 11.3 Å². The molecule has 0 bridgehead atoms. The van der Waals surface area contributed by atoms with E-state index >= 15 is 0 Å².